The molecule has 0 unspecified atom stereocenters. The minimum atomic E-state index is -1.16. The van der Waals surface area contributed by atoms with E-state index in [1.807, 2.05) is 18.2 Å². The Bertz CT molecular complexity index is 956. The largest absolute Gasteiger partial charge is 0.511 e. The van der Waals surface area contributed by atoms with E-state index >= 15 is 0 Å². The molecule has 0 aliphatic heterocycles. The number of Topliss-reactive ketones (excluding diaryl/α,β-unsaturated/α-hetero) is 2. The lowest BCUT2D eigenvalue weighted by atomic mass is 9.64. The molecule has 0 fully saturated rings. The molecule has 2 rings (SSSR count). The molecule has 5 heteroatoms. The van der Waals surface area contributed by atoms with Gasteiger partial charge in [0.2, 0.25) is 0 Å². The van der Waals surface area contributed by atoms with Crippen LogP contribution in [0.1, 0.15) is 92.1 Å². The predicted octanol–water partition coefficient (Wildman–Crippen LogP) is 8.34. The molecule has 0 bridgehead atoms. The molecule has 0 saturated carbocycles. The lowest BCUT2D eigenvalue weighted by molar-refractivity contribution is -0.129. The molecule has 0 amide bonds. The second-order valence-electron chi connectivity index (χ2n) is 11.3. The number of aliphatic hydroxyl groups excluding tert-OH is 2. The fourth-order valence-corrected chi connectivity index (χ4v) is 4.90. The highest BCUT2D eigenvalue weighted by molar-refractivity contribution is 6.31. The first-order valence-electron chi connectivity index (χ1n) is 13.1. The van der Waals surface area contributed by atoms with Crippen LogP contribution in [0.5, 0.6) is 0 Å². The number of halogens is 1. The summed E-state index contributed by atoms with van der Waals surface area (Å²) in [5, 5.41) is 23.3. The normalized spacial score (nSPS) is 16.2. The molecule has 1 aromatic carbocycles. The average molecular weight is 503 g/mol. The van der Waals surface area contributed by atoms with Crippen LogP contribution in [-0.4, -0.2) is 21.8 Å². The minimum absolute atomic E-state index is 0.0235. The summed E-state index contributed by atoms with van der Waals surface area (Å²) in [6.45, 7) is 12.5. The van der Waals surface area contributed by atoms with Crippen molar-refractivity contribution in [2.45, 2.75) is 92.9 Å². The molecule has 4 nitrogen and oxygen atoms in total. The van der Waals surface area contributed by atoms with Crippen molar-refractivity contribution < 1.29 is 19.8 Å². The Morgan fingerprint density at radius 1 is 0.886 bits per heavy atom. The number of rotatable bonds is 13. The molecule has 0 atom stereocenters. The molecule has 35 heavy (non-hydrogen) atoms. The fraction of sp³-hybridized carbons (Fsp3) is 0.600. The third kappa shape index (κ3) is 7.22. The van der Waals surface area contributed by atoms with Gasteiger partial charge < -0.3 is 10.2 Å². The highest BCUT2D eigenvalue weighted by Crippen LogP contribution is 2.48. The van der Waals surface area contributed by atoms with E-state index in [-0.39, 0.29) is 29.3 Å². The van der Waals surface area contributed by atoms with Gasteiger partial charge in [0, 0.05) is 17.0 Å². The van der Waals surface area contributed by atoms with E-state index in [2.05, 4.69) is 41.5 Å². The van der Waals surface area contributed by atoms with Gasteiger partial charge in [0.1, 0.15) is 17.1 Å². The van der Waals surface area contributed by atoms with E-state index in [1.54, 1.807) is 6.07 Å². The molecule has 1 aliphatic rings. The maximum Gasteiger partial charge on any atom is 0.183 e. The van der Waals surface area contributed by atoms with E-state index in [4.69, 9.17) is 11.6 Å². The Morgan fingerprint density at radius 3 is 1.94 bits per heavy atom. The Labute approximate surface area is 216 Å². The zero-order valence-corrected chi connectivity index (χ0v) is 23.0. The van der Waals surface area contributed by atoms with Gasteiger partial charge >= 0.3 is 0 Å². The minimum Gasteiger partial charge on any atom is -0.511 e. The van der Waals surface area contributed by atoms with Crippen LogP contribution in [0.2, 0.25) is 5.02 Å². The van der Waals surface area contributed by atoms with Crippen LogP contribution in [0, 0.1) is 23.2 Å². The van der Waals surface area contributed by atoms with Crippen LogP contribution in [-0.2, 0) is 16.0 Å². The van der Waals surface area contributed by atoms with Crippen molar-refractivity contribution in [1.29, 1.82) is 0 Å². The number of ketones is 2. The second-order valence-corrected chi connectivity index (χ2v) is 11.7. The SMILES string of the molecule is CC(C)CCC1=C(O)C(CCC(C)C)(CCC(C)C)C(=O)C(C(=O)CCc2ccccc2Cl)=C1O. The molecule has 1 aromatic rings. The van der Waals surface area contributed by atoms with Gasteiger partial charge in [-0.25, -0.2) is 0 Å². The predicted molar refractivity (Wildman–Crippen MR) is 144 cm³/mol. The third-order valence-corrected chi connectivity index (χ3v) is 7.42. The number of hydrogen-bond donors (Lipinski definition) is 2. The number of benzene rings is 1. The van der Waals surface area contributed by atoms with Crippen molar-refractivity contribution in [2.24, 2.45) is 23.2 Å². The van der Waals surface area contributed by atoms with Crippen LogP contribution >= 0.6 is 11.6 Å². The van der Waals surface area contributed by atoms with E-state index in [0.29, 0.717) is 54.0 Å². The summed E-state index contributed by atoms with van der Waals surface area (Å²) in [6, 6.07) is 7.33. The standard InChI is InChI=1S/C30H43ClO4/c1-19(2)11-13-23-27(33)26(25(32)14-12-22-9-7-8-10-24(22)31)29(35)30(28(23)34,17-15-20(3)4)18-16-21(5)6/h7-10,19-21,33-34H,11-18H2,1-6H3. The quantitative estimate of drug-likeness (QED) is 0.266. The van der Waals surface area contributed by atoms with Gasteiger partial charge in [0.05, 0.1) is 5.41 Å². The van der Waals surface area contributed by atoms with E-state index in [0.717, 1.165) is 24.8 Å². The monoisotopic (exact) mass is 502 g/mol. The highest BCUT2D eigenvalue weighted by Gasteiger charge is 2.50. The van der Waals surface area contributed by atoms with Crippen LogP contribution in [0.3, 0.4) is 0 Å². The number of hydrogen-bond acceptors (Lipinski definition) is 4. The number of aryl methyl sites for hydroxylation is 1. The van der Waals surface area contributed by atoms with Crippen molar-refractivity contribution in [3.63, 3.8) is 0 Å². The number of carbonyl (C=O) groups excluding carboxylic acids is 2. The number of aliphatic hydroxyl groups is 2. The van der Waals surface area contributed by atoms with Gasteiger partial charge in [-0.3, -0.25) is 9.59 Å². The van der Waals surface area contributed by atoms with E-state index in [1.165, 1.54) is 0 Å². The van der Waals surface area contributed by atoms with E-state index < -0.39 is 11.2 Å². The van der Waals surface area contributed by atoms with Crippen LogP contribution < -0.4 is 0 Å². The molecule has 0 saturated heterocycles. The number of allylic oxidation sites excluding steroid dienone is 3. The number of carbonyl (C=O) groups is 2. The summed E-state index contributed by atoms with van der Waals surface area (Å²) in [6.07, 6.45) is 4.02. The zero-order chi connectivity index (χ0) is 26.3. The molecule has 1 aliphatic carbocycles. The van der Waals surface area contributed by atoms with Crippen LogP contribution in [0.15, 0.2) is 46.9 Å². The third-order valence-electron chi connectivity index (χ3n) is 7.05. The summed E-state index contributed by atoms with van der Waals surface area (Å²) in [5.74, 6) is -0.145. The summed E-state index contributed by atoms with van der Waals surface area (Å²) >= 11 is 6.27. The Hall–Kier alpha value is -2.07. The van der Waals surface area contributed by atoms with Crippen molar-refractivity contribution in [2.75, 3.05) is 0 Å². The van der Waals surface area contributed by atoms with Crippen LogP contribution in [0.4, 0.5) is 0 Å². The summed E-state index contributed by atoms with van der Waals surface area (Å²) in [4.78, 5) is 27.5. The zero-order valence-electron chi connectivity index (χ0n) is 22.3. The summed E-state index contributed by atoms with van der Waals surface area (Å²) in [7, 11) is 0. The van der Waals surface area contributed by atoms with E-state index in [9.17, 15) is 19.8 Å². The van der Waals surface area contributed by atoms with Gasteiger partial charge in [-0.15, -0.1) is 0 Å². The van der Waals surface area contributed by atoms with Crippen molar-refractivity contribution in [1.82, 2.24) is 0 Å². The summed E-state index contributed by atoms with van der Waals surface area (Å²) in [5.41, 5.74) is -0.106. The maximum atomic E-state index is 14.0. The molecule has 194 valence electrons. The highest BCUT2D eigenvalue weighted by atomic mass is 35.5. The maximum absolute atomic E-state index is 14.0. The lowest BCUT2D eigenvalue weighted by Crippen LogP contribution is -2.41. The topological polar surface area (TPSA) is 74.6 Å². The second kappa shape index (κ2) is 12.8. The molecule has 0 spiro atoms. The molecule has 2 N–H and O–H groups in total. The first-order valence-corrected chi connectivity index (χ1v) is 13.5. The average Bonchev–Trinajstić information content (AvgIpc) is 2.77. The first-order chi connectivity index (χ1) is 16.4. The Morgan fingerprint density at radius 2 is 1.43 bits per heavy atom. The van der Waals surface area contributed by atoms with Gasteiger partial charge in [0.25, 0.3) is 0 Å². The molecule has 0 heterocycles. The fourth-order valence-electron chi connectivity index (χ4n) is 4.67. The lowest BCUT2D eigenvalue weighted by Gasteiger charge is -2.38. The summed E-state index contributed by atoms with van der Waals surface area (Å²) < 4.78 is 0. The molecular weight excluding hydrogens is 460 g/mol. The van der Waals surface area contributed by atoms with Gasteiger partial charge in [0.15, 0.2) is 11.6 Å². The van der Waals surface area contributed by atoms with Crippen molar-refractivity contribution >= 4 is 23.2 Å². The van der Waals surface area contributed by atoms with Gasteiger partial charge in [-0.2, -0.15) is 0 Å². The van der Waals surface area contributed by atoms with Gasteiger partial charge in [-0.1, -0.05) is 71.3 Å². The molecular formula is C30H43ClO4. The van der Waals surface area contributed by atoms with Crippen LogP contribution in [0.25, 0.3) is 0 Å². The smallest absolute Gasteiger partial charge is 0.183 e. The first kappa shape index (κ1) is 29.2. The Balaban J connectivity index is 2.54. The van der Waals surface area contributed by atoms with Crippen molar-refractivity contribution in [3.8, 4) is 0 Å². The Kier molecular flexibility index (Phi) is 10.6. The molecule has 0 radical (unpaired) electrons. The van der Waals surface area contributed by atoms with Gasteiger partial charge in [-0.05, 0) is 74.3 Å². The van der Waals surface area contributed by atoms with Crippen molar-refractivity contribution in [3.05, 3.63) is 57.5 Å². The molecule has 0 aromatic heterocycles.